The molecular formula is C12H9Br2ClN2O2S. The highest BCUT2D eigenvalue weighted by atomic mass is 79.9. The molecule has 0 saturated carbocycles. The van der Waals surface area contributed by atoms with Crippen molar-refractivity contribution in [2.75, 3.05) is 4.72 Å². The topological polar surface area (TPSA) is 59.1 Å². The molecule has 0 fully saturated rings. The zero-order valence-corrected chi connectivity index (χ0v) is 14.7. The van der Waals surface area contributed by atoms with Crippen molar-refractivity contribution in [2.24, 2.45) is 0 Å². The monoisotopic (exact) mass is 438 g/mol. The van der Waals surface area contributed by atoms with Gasteiger partial charge in [-0.15, -0.1) is 0 Å². The minimum atomic E-state index is -3.69. The maximum absolute atomic E-state index is 12.2. The van der Waals surface area contributed by atoms with Crippen molar-refractivity contribution in [3.63, 3.8) is 0 Å². The second-order valence-corrected chi connectivity index (χ2v) is 7.39. The lowest BCUT2D eigenvalue weighted by atomic mass is 10.2. The molecule has 0 saturated heterocycles. The number of anilines is 1. The summed E-state index contributed by atoms with van der Waals surface area (Å²) < 4.78 is 27.5. The molecule has 0 aliphatic carbocycles. The number of hydrogen-bond donors (Lipinski definition) is 1. The summed E-state index contributed by atoms with van der Waals surface area (Å²) in [6.07, 6.45) is 1.49. The Morgan fingerprint density at radius 3 is 2.50 bits per heavy atom. The molecule has 0 spiro atoms. The fourth-order valence-corrected chi connectivity index (χ4v) is 3.42. The zero-order chi connectivity index (χ0) is 14.8. The molecule has 0 bridgehead atoms. The lowest BCUT2D eigenvalue weighted by molar-refractivity contribution is 0.601. The molecule has 0 aliphatic heterocycles. The van der Waals surface area contributed by atoms with Crippen LogP contribution in [0.5, 0.6) is 0 Å². The lowest BCUT2D eigenvalue weighted by Gasteiger charge is -2.09. The van der Waals surface area contributed by atoms with Gasteiger partial charge in [0, 0.05) is 16.0 Å². The van der Waals surface area contributed by atoms with Crippen molar-refractivity contribution in [3.05, 3.63) is 51.7 Å². The number of nitrogens with one attached hydrogen (secondary N) is 1. The molecule has 20 heavy (non-hydrogen) atoms. The van der Waals surface area contributed by atoms with Crippen molar-refractivity contribution < 1.29 is 8.42 Å². The van der Waals surface area contributed by atoms with Crippen LogP contribution >= 0.6 is 43.5 Å². The van der Waals surface area contributed by atoms with Crippen LogP contribution < -0.4 is 4.72 Å². The predicted molar refractivity (Wildman–Crippen MR) is 86.8 cm³/mol. The summed E-state index contributed by atoms with van der Waals surface area (Å²) in [5.41, 5.74) is 1.22. The molecule has 1 heterocycles. The third-order valence-corrected chi connectivity index (χ3v) is 5.20. The van der Waals surface area contributed by atoms with Crippen molar-refractivity contribution in [3.8, 4) is 0 Å². The Hall–Kier alpha value is -0.630. The molecule has 2 aromatic rings. The van der Waals surface area contributed by atoms with Crippen LogP contribution in [0.3, 0.4) is 0 Å². The maximum atomic E-state index is 12.2. The van der Waals surface area contributed by atoms with Gasteiger partial charge in [0.2, 0.25) is 0 Å². The number of aromatic nitrogens is 1. The quantitative estimate of drug-likeness (QED) is 0.573. The van der Waals surface area contributed by atoms with Crippen molar-refractivity contribution in [1.29, 1.82) is 0 Å². The molecule has 106 valence electrons. The van der Waals surface area contributed by atoms with Gasteiger partial charge in [0.15, 0.2) is 5.15 Å². The Labute approximate surface area is 138 Å². The summed E-state index contributed by atoms with van der Waals surface area (Å²) in [6, 6.07) is 8.12. The number of alkyl halides is 1. The van der Waals surface area contributed by atoms with Gasteiger partial charge < -0.3 is 0 Å². The van der Waals surface area contributed by atoms with Gasteiger partial charge >= 0.3 is 0 Å². The van der Waals surface area contributed by atoms with E-state index in [2.05, 4.69) is 41.6 Å². The third kappa shape index (κ3) is 3.72. The predicted octanol–water partition coefficient (Wildman–Crippen LogP) is 4.19. The number of benzene rings is 1. The second kappa shape index (κ2) is 6.43. The molecule has 0 amide bonds. The summed E-state index contributed by atoms with van der Waals surface area (Å²) in [7, 11) is -3.69. The number of sulfonamides is 1. The van der Waals surface area contributed by atoms with E-state index in [9.17, 15) is 8.42 Å². The summed E-state index contributed by atoms with van der Waals surface area (Å²) in [5, 5.41) is 0.760. The van der Waals surface area contributed by atoms with E-state index in [-0.39, 0.29) is 15.7 Å². The normalized spacial score (nSPS) is 11.3. The Balaban J connectivity index is 2.32. The molecule has 0 atom stereocenters. The van der Waals surface area contributed by atoms with Gasteiger partial charge in [-0.25, -0.2) is 13.4 Å². The number of pyridine rings is 1. The van der Waals surface area contributed by atoms with E-state index in [0.29, 0.717) is 9.80 Å². The first-order valence-corrected chi connectivity index (χ1v) is 9.19. The van der Waals surface area contributed by atoms with Crippen LogP contribution in [0.25, 0.3) is 0 Å². The smallest absolute Gasteiger partial charge is 0.261 e. The van der Waals surface area contributed by atoms with E-state index in [1.807, 2.05) is 0 Å². The summed E-state index contributed by atoms with van der Waals surface area (Å²) in [5.74, 6) is 0. The fraction of sp³-hybridized carbons (Fsp3) is 0.0833. The van der Waals surface area contributed by atoms with Crippen LogP contribution in [0.15, 0.2) is 45.9 Å². The first-order valence-electron chi connectivity index (χ1n) is 5.41. The maximum Gasteiger partial charge on any atom is 0.261 e. The SMILES string of the molecule is O=S(=O)(Nc1cc(Br)cnc1Cl)c1ccc(CBr)cc1. The highest BCUT2D eigenvalue weighted by molar-refractivity contribution is 9.10. The van der Waals surface area contributed by atoms with E-state index in [0.717, 1.165) is 5.56 Å². The van der Waals surface area contributed by atoms with Crippen LogP contribution in [0, 0.1) is 0 Å². The van der Waals surface area contributed by atoms with E-state index in [1.54, 1.807) is 18.2 Å². The first-order chi connectivity index (χ1) is 9.42. The average molecular weight is 441 g/mol. The Morgan fingerprint density at radius 1 is 1.25 bits per heavy atom. The molecule has 1 N–H and O–H groups in total. The molecule has 0 radical (unpaired) electrons. The zero-order valence-electron chi connectivity index (χ0n) is 9.98. The minimum absolute atomic E-state index is 0.0915. The van der Waals surface area contributed by atoms with Crippen LogP contribution in [0.1, 0.15) is 5.56 Å². The van der Waals surface area contributed by atoms with Crippen molar-refractivity contribution in [2.45, 2.75) is 10.2 Å². The van der Waals surface area contributed by atoms with Crippen LogP contribution in [-0.2, 0) is 15.4 Å². The molecule has 0 unspecified atom stereocenters. The summed E-state index contributed by atoms with van der Waals surface area (Å²) in [4.78, 5) is 4.03. The molecule has 1 aromatic heterocycles. The number of nitrogens with zero attached hydrogens (tertiary/aromatic N) is 1. The molecular weight excluding hydrogens is 431 g/mol. The molecule has 4 nitrogen and oxygen atoms in total. The summed E-state index contributed by atoms with van der Waals surface area (Å²) >= 11 is 12.4. The lowest BCUT2D eigenvalue weighted by Crippen LogP contribution is -2.13. The van der Waals surface area contributed by atoms with E-state index in [4.69, 9.17) is 11.6 Å². The standard InChI is InChI=1S/C12H9Br2ClN2O2S/c13-6-8-1-3-10(4-2-8)20(18,19)17-11-5-9(14)7-16-12(11)15/h1-5,7,17H,6H2. The number of halogens is 3. The molecule has 8 heteroatoms. The van der Waals surface area contributed by atoms with Gasteiger partial charge in [0.25, 0.3) is 10.0 Å². The second-order valence-electron chi connectivity index (χ2n) is 3.87. The van der Waals surface area contributed by atoms with Gasteiger partial charge in [-0.3, -0.25) is 4.72 Å². The largest absolute Gasteiger partial charge is 0.276 e. The van der Waals surface area contributed by atoms with Crippen molar-refractivity contribution in [1.82, 2.24) is 4.98 Å². The average Bonchev–Trinajstić information content (AvgIpc) is 2.43. The Bertz CT molecular complexity index is 721. The van der Waals surface area contributed by atoms with Gasteiger partial charge in [-0.1, -0.05) is 39.7 Å². The van der Waals surface area contributed by atoms with E-state index < -0.39 is 10.0 Å². The minimum Gasteiger partial charge on any atom is -0.276 e. The Kier molecular flexibility index (Phi) is 5.06. The third-order valence-electron chi connectivity index (χ3n) is 2.44. The highest BCUT2D eigenvalue weighted by Gasteiger charge is 2.16. The van der Waals surface area contributed by atoms with Crippen LogP contribution in [-0.4, -0.2) is 13.4 Å². The number of rotatable bonds is 4. The molecule has 1 aromatic carbocycles. The van der Waals surface area contributed by atoms with Crippen molar-refractivity contribution >= 4 is 59.2 Å². The van der Waals surface area contributed by atoms with Crippen LogP contribution in [0.4, 0.5) is 5.69 Å². The van der Waals surface area contributed by atoms with Gasteiger partial charge in [-0.2, -0.15) is 0 Å². The molecule has 0 aliphatic rings. The first kappa shape index (κ1) is 15.8. The van der Waals surface area contributed by atoms with E-state index >= 15 is 0 Å². The Morgan fingerprint density at radius 2 is 1.90 bits per heavy atom. The van der Waals surface area contributed by atoms with E-state index in [1.165, 1.54) is 18.3 Å². The van der Waals surface area contributed by atoms with Gasteiger partial charge in [0.05, 0.1) is 10.6 Å². The fourth-order valence-electron chi connectivity index (χ4n) is 1.46. The highest BCUT2D eigenvalue weighted by Crippen LogP contribution is 2.25. The number of hydrogen-bond acceptors (Lipinski definition) is 3. The van der Waals surface area contributed by atoms with Gasteiger partial charge in [0.1, 0.15) is 0 Å². The summed E-state index contributed by atoms with van der Waals surface area (Å²) in [6.45, 7) is 0. The van der Waals surface area contributed by atoms with Gasteiger partial charge in [-0.05, 0) is 39.7 Å². The van der Waals surface area contributed by atoms with Crippen LogP contribution in [0.2, 0.25) is 5.15 Å². The molecule has 2 rings (SSSR count).